The van der Waals surface area contributed by atoms with Gasteiger partial charge in [-0.3, -0.25) is 14.4 Å². The molecule has 0 aliphatic heterocycles. The number of rotatable bonds is 0. The van der Waals surface area contributed by atoms with Crippen molar-refractivity contribution >= 4 is 20.4 Å². The molecule has 68 valence electrons. The summed E-state index contributed by atoms with van der Waals surface area (Å²) in [6.07, 6.45) is 5.60. The van der Waals surface area contributed by atoms with Gasteiger partial charge in [0.25, 0.3) is 20.4 Å². The van der Waals surface area contributed by atoms with Crippen LogP contribution in [0.1, 0.15) is 13.3 Å². The van der Waals surface area contributed by atoms with Crippen molar-refractivity contribution in [1.29, 1.82) is 0 Å². The first-order valence-corrected chi connectivity index (χ1v) is 4.29. The molecule has 0 fully saturated rings. The van der Waals surface area contributed by atoms with Crippen LogP contribution in [0, 0.1) is 0 Å². The fourth-order valence-corrected chi connectivity index (χ4v) is 1.14. The van der Waals surface area contributed by atoms with Gasteiger partial charge in [-0.2, -0.15) is 0 Å². The first-order valence-electron chi connectivity index (χ1n) is 2.94. The summed E-state index contributed by atoms with van der Waals surface area (Å²) in [6, 6.07) is 0. The first-order chi connectivity index (χ1) is 6.30. The zero-order valence-corrected chi connectivity index (χ0v) is 9.68. The van der Waals surface area contributed by atoms with E-state index >= 15 is 0 Å². The fourth-order valence-electron chi connectivity index (χ4n) is 0.591. The Hall–Kier alpha value is -0.848. The van der Waals surface area contributed by atoms with Crippen LogP contribution in [0.25, 0.3) is 0 Å². The van der Waals surface area contributed by atoms with Crippen LogP contribution in [0.4, 0.5) is 0 Å². The Morgan fingerprint density at radius 2 is 1.54 bits per heavy atom. The molecule has 0 saturated carbocycles. The smallest absolute Gasteiger partial charge is 0.281 e. The monoisotopic (exact) mass is 350 g/mol. The molecule has 0 spiro atoms. The Bertz CT molecular complexity index is 171. The molecule has 0 unspecified atom stereocenters. The molecular formula is C9H7O3Re. The largest absolute Gasteiger partial charge is 0.281 e. The fraction of sp³-hybridized carbons (Fsp3) is 0.222. The van der Waals surface area contributed by atoms with Crippen molar-refractivity contribution < 1.29 is 33.6 Å². The van der Waals surface area contributed by atoms with Crippen molar-refractivity contribution in [2.24, 2.45) is 0 Å². The average molecular weight is 349 g/mol. The van der Waals surface area contributed by atoms with E-state index in [0.717, 1.165) is 0 Å². The molecule has 3 nitrogen and oxygen atoms in total. The first kappa shape index (κ1) is 18.0. The summed E-state index contributed by atoms with van der Waals surface area (Å²) in [6.45, 7) is 15.7. The molecule has 1 aliphatic rings. The zero-order valence-electron chi connectivity index (χ0n) is 6.96. The minimum Gasteiger partial charge on any atom is -0.281 e. The van der Waals surface area contributed by atoms with E-state index in [9.17, 15) is 0 Å². The van der Waals surface area contributed by atoms with Crippen molar-refractivity contribution in [3.63, 3.8) is 0 Å². The molecule has 0 atom stereocenters. The Morgan fingerprint density at radius 3 is 1.62 bits per heavy atom. The third-order valence-corrected chi connectivity index (χ3v) is 2.72. The number of hydrogen-bond donors (Lipinski definition) is 0. The van der Waals surface area contributed by atoms with Crippen molar-refractivity contribution in [3.05, 3.63) is 21.8 Å². The van der Waals surface area contributed by atoms with Gasteiger partial charge >= 0.3 is 54.3 Å². The zero-order chi connectivity index (χ0) is 11.3. The summed E-state index contributed by atoms with van der Waals surface area (Å²) < 4.78 is 1.57. The van der Waals surface area contributed by atoms with Crippen molar-refractivity contribution in [2.45, 2.75) is 13.3 Å². The van der Waals surface area contributed by atoms with E-state index in [-0.39, 0.29) is 0 Å². The normalized spacial score (nSPS) is 11.2. The molecule has 0 aromatic heterocycles. The minimum absolute atomic E-state index is 1.20. The molecule has 0 amide bonds. The van der Waals surface area contributed by atoms with Gasteiger partial charge in [0.2, 0.25) is 0 Å². The Balaban J connectivity index is -0.000000144. The van der Waals surface area contributed by atoms with Crippen molar-refractivity contribution in [1.82, 2.24) is 0 Å². The van der Waals surface area contributed by atoms with E-state index in [4.69, 9.17) is 14.4 Å². The van der Waals surface area contributed by atoms with E-state index in [1.54, 1.807) is 4.05 Å². The van der Waals surface area contributed by atoms with Gasteiger partial charge in [-0.05, 0) is 0 Å². The molecule has 0 N–H and O–H groups in total. The Morgan fingerprint density at radius 1 is 1.15 bits per heavy atom. The van der Waals surface area contributed by atoms with Crippen LogP contribution in [0.2, 0.25) is 0 Å². The minimum atomic E-state index is 1.20. The third kappa shape index (κ3) is 11.2. The molecule has 0 aromatic carbocycles. The van der Waals surface area contributed by atoms with Gasteiger partial charge in [0.1, 0.15) is 0 Å². The topological polar surface area (TPSA) is 51.2 Å². The Kier molecular flexibility index (Phi) is 24.0. The summed E-state index contributed by atoms with van der Waals surface area (Å²) in [5.41, 5.74) is 1.47. The summed E-state index contributed by atoms with van der Waals surface area (Å²) in [7, 11) is 0. The molecule has 4 heteroatoms. The predicted molar refractivity (Wildman–Crippen MR) is 43.5 cm³/mol. The summed E-state index contributed by atoms with van der Waals surface area (Å²) >= 11 is 1.81. The second kappa shape index (κ2) is 17.3. The second-order valence-corrected chi connectivity index (χ2v) is 3.33. The van der Waals surface area contributed by atoms with Crippen LogP contribution in [0.15, 0.2) is 21.8 Å². The van der Waals surface area contributed by atoms with E-state index in [0.29, 0.717) is 0 Å². The van der Waals surface area contributed by atoms with Crippen LogP contribution in [-0.2, 0) is 33.6 Å². The molecule has 13 heavy (non-hydrogen) atoms. The van der Waals surface area contributed by atoms with Crippen LogP contribution < -0.4 is 0 Å². The molecule has 0 saturated heterocycles. The van der Waals surface area contributed by atoms with Gasteiger partial charge < -0.3 is 0 Å². The SMILES string of the molecule is CC1=[C]([Re])CC=C1.[C]=O.[C]=O.[C]=O. The van der Waals surface area contributed by atoms with E-state index in [2.05, 4.69) is 39.4 Å². The number of carbonyl (C=O) groups excluding carboxylic acids is 3. The third-order valence-electron chi connectivity index (χ3n) is 1.09. The maximum atomic E-state index is 7.50. The molecule has 1 aliphatic carbocycles. The predicted octanol–water partition coefficient (Wildman–Crippen LogP) is 0.576. The summed E-state index contributed by atoms with van der Waals surface area (Å²) in [5, 5.41) is 0. The summed E-state index contributed by atoms with van der Waals surface area (Å²) in [5.74, 6) is 0. The molecule has 0 aromatic rings. The van der Waals surface area contributed by atoms with E-state index < -0.39 is 0 Å². The maximum absolute atomic E-state index is 7.50. The number of hydrogen-bond acceptors (Lipinski definition) is 3. The van der Waals surface area contributed by atoms with Gasteiger partial charge in [0.05, 0.1) is 0 Å². The molecule has 0 bridgehead atoms. The van der Waals surface area contributed by atoms with Gasteiger partial charge in [-0.15, -0.1) is 0 Å². The van der Waals surface area contributed by atoms with Crippen LogP contribution >= 0.6 is 0 Å². The standard InChI is InChI=1S/C6H7.3CO.Re/c1-6-4-2-3-5-6;3*1-2;/h2,4H,3H2,1H3;;;;. The van der Waals surface area contributed by atoms with Crippen molar-refractivity contribution in [2.75, 3.05) is 0 Å². The summed E-state index contributed by atoms with van der Waals surface area (Å²) in [4.78, 5) is 22.5. The van der Waals surface area contributed by atoms with Crippen molar-refractivity contribution in [3.8, 4) is 0 Å². The quantitative estimate of drug-likeness (QED) is 0.643. The van der Waals surface area contributed by atoms with Crippen LogP contribution in [0.5, 0.6) is 0 Å². The molecule has 0 heterocycles. The Labute approximate surface area is 89.3 Å². The number of allylic oxidation sites excluding steroid dienone is 4. The maximum Gasteiger partial charge on any atom is 0.281 e. The molecule has 6 radical (unpaired) electrons. The van der Waals surface area contributed by atoms with Crippen LogP contribution in [-0.4, -0.2) is 20.4 Å². The average Bonchev–Trinajstić information content (AvgIpc) is 2.61. The molecular weight excluding hydrogens is 342 g/mol. The van der Waals surface area contributed by atoms with Crippen LogP contribution in [0.3, 0.4) is 0 Å². The van der Waals surface area contributed by atoms with Gasteiger partial charge in [0.15, 0.2) is 0 Å². The van der Waals surface area contributed by atoms with E-state index in [1.807, 2.05) is 19.2 Å². The van der Waals surface area contributed by atoms with Gasteiger partial charge in [-0.25, -0.2) is 0 Å². The van der Waals surface area contributed by atoms with E-state index in [1.165, 1.54) is 12.0 Å². The second-order valence-electron chi connectivity index (χ2n) is 1.69. The van der Waals surface area contributed by atoms with Gasteiger partial charge in [-0.1, -0.05) is 0 Å². The molecule has 1 rings (SSSR count). The van der Waals surface area contributed by atoms with Gasteiger partial charge in [0, 0.05) is 0 Å².